The third kappa shape index (κ3) is 2.79. The SMILES string of the molecule is N#Cc1c(N)nc(N)nc1-c1cc(O)cc(C(F)(F)F)c1. The van der Waals surface area contributed by atoms with Crippen molar-refractivity contribution in [1.29, 1.82) is 5.26 Å². The Morgan fingerprint density at radius 2 is 1.81 bits per heavy atom. The van der Waals surface area contributed by atoms with Crippen LogP contribution in [-0.2, 0) is 6.18 Å². The molecule has 0 bridgehead atoms. The van der Waals surface area contributed by atoms with Gasteiger partial charge in [-0.05, 0) is 18.2 Å². The second kappa shape index (κ2) is 4.82. The molecule has 0 saturated heterocycles. The molecule has 0 aliphatic rings. The van der Waals surface area contributed by atoms with Crippen molar-refractivity contribution in [2.45, 2.75) is 6.18 Å². The first-order valence-corrected chi connectivity index (χ1v) is 5.47. The molecule has 2 rings (SSSR count). The van der Waals surface area contributed by atoms with Crippen molar-refractivity contribution >= 4 is 11.8 Å². The van der Waals surface area contributed by atoms with Gasteiger partial charge in [0.1, 0.15) is 23.2 Å². The Balaban J connectivity index is 2.74. The van der Waals surface area contributed by atoms with Crippen molar-refractivity contribution in [3.05, 3.63) is 29.3 Å². The van der Waals surface area contributed by atoms with Gasteiger partial charge in [-0.1, -0.05) is 0 Å². The molecule has 0 spiro atoms. The normalized spacial score (nSPS) is 11.1. The number of alkyl halides is 3. The molecule has 108 valence electrons. The van der Waals surface area contributed by atoms with Gasteiger partial charge in [0.15, 0.2) is 0 Å². The van der Waals surface area contributed by atoms with Crippen molar-refractivity contribution in [2.24, 2.45) is 0 Å². The van der Waals surface area contributed by atoms with Crippen molar-refractivity contribution in [1.82, 2.24) is 9.97 Å². The Bertz CT molecular complexity index is 752. The monoisotopic (exact) mass is 295 g/mol. The summed E-state index contributed by atoms with van der Waals surface area (Å²) >= 11 is 0. The Hall–Kier alpha value is -3.02. The zero-order valence-electron chi connectivity index (χ0n) is 10.3. The van der Waals surface area contributed by atoms with E-state index in [-0.39, 0.29) is 28.6 Å². The fourth-order valence-electron chi connectivity index (χ4n) is 1.73. The number of benzene rings is 1. The van der Waals surface area contributed by atoms with Crippen molar-refractivity contribution < 1.29 is 18.3 Å². The zero-order chi connectivity index (χ0) is 15.8. The fraction of sp³-hybridized carbons (Fsp3) is 0.0833. The van der Waals surface area contributed by atoms with E-state index in [0.29, 0.717) is 6.07 Å². The number of aromatic nitrogens is 2. The lowest BCUT2D eigenvalue weighted by molar-refractivity contribution is -0.137. The number of hydrogen-bond acceptors (Lipinski definition) is 6. The molecule has 0 fully saturated rings. The predicted molar refractivity (Wildman–Crippen MR) is 67.7 cm³/mol. The van der Waals surface area contributed by atoms with Gasteiger partial charge in [0.2, 0.25) is 5.95 Å². The third-order valence-corrected chi connectivity index (χ3v) is 2.58. The summed E-state index contributed by atoms with van der Waals surface area (Å²) in [7, 11) is 0. The smallest absolute Gasteiger partial charge is 0.416 e. The van der Waals surface area contributed by atoms with Crippen LogP contribution in [0.25, 0.3) is 11.3 Å². The largest absolute Gasteiger partial charge is 0.508 e. The molecule has 9 heteroatoms. The quantitative estimate of drug-likeness (QED) is 0.738. The molecule has 0 amide bonds. The highest BCUT2D eigenvalue weighted by Crippen LogP contribution is 2.36. The molecule has 2 aromatic rings. The lowest BCUT2D eigenvalue weighted by Crippen LogP contribution is -2.07. The number of nitriles is 1. The molecule has 5 N–H and O–H groups in total. The molecule has 0 aliphatic carbocycles. The summed E-state index contributed by atoms with van der Waals surface area (Å²) in [5, 5.41) is 18.4. The van der Waals surface area contributed by atoms with E-state index in [0.717, 1.165) is 12.1 Å². The van der Waals surface area contributed by atoms with Gasteiger partial charge in [0.25, 0.3) is 0 Å². The van der Waals surface area contributed by atoms with Crippen LogP contribution in [0.1, 0.15) is 11.1 Å². The van der Waals surface area contributed by atoms with Crippen LogP contribution < -0.4 is 11.5 Å². The van der Waals surface area contributed by atoms with E-state index < -0.39 is 17.5 Å². The molecule has 1 heterocycles. The number of nitrogens with zero attached hydrogens (tertiary/aromatic N) is 3. The number of rotatable bonds is 1. The van der Waals surface area contributed by atoms with Gasteiger partial charge in [-0.2, -0.15) is 23.4 Å². The number of halogens is 3. The first kappa shape index (κ1) is 14.4. The third-order valence-electron chi connectivity index (χ3n) is 2.58. The van der Waals surface area contributed by atoms with Crippen molar-refractivity contribution in [3.63, 3.8) is 0 Å². The van der Waals surface area contributed by atoms with E-state index >= 15 is 0 Å². The van der Waals surface area contributed by atoms with E-state index in [9.17, 15) is 18.3 Å². The van der Waals surface area contributed by atoms with Gasteiger partial charge in [-0.3, -0.25) is 0 Å². The molecule has 1 aromatic heterocycles. The maximum absolute atomic E-state index is 12.7. The first-order valence-electron chi connectivity index (χ1n) is 5.47. The fourth-order valence-corrected chi connectivity index (χ4v) is 1.73. The minimum Gasteiger partial charge on any atom is -0.508 e. The van der Waals surface area contributed by atoms with Gasteiger partial charge in [0, 0.05) is 5.56 Å². The molecule has 21 heavy (non-hydrogen) atoms. The van der Waals surface area contributed by atoms with E-state index in [2.05, 4.69) is 9.97 Å². The summed E-state index contributed by atoms with van der Waals surface area (Å²) in [6, 6.07) is 4.02. The highest BCUT2D eigenvalue weighted by molar-refractivity contribution is 5.74. The summed E-state index contributed by atoms with van der Waals surface area (Å²) < 4.78 is 38.2. The Labute approximate surface area is 116 Å². The first-order chi connectivity index (χ1) is 9.72. The van der Waals surface area contributed by atoms with E-state index in [1.807, 2.05) is 0 Å². The van der Waals surface area contributed by atoms with Crippen LogP contribution in [0.2, 0.25) is 0 Å². The molecular formula is C12H8F3N5O. The van der Waals surface area contributed by atoms with E-state index in [1.165, 1.54) is 0 Å². The van der Waals surface area contributed by atoms with E-state index in [1.54, 1.807) is 6.07 Å². The van der Waals surface area contributed by atoms with E-state index in [4.69, 9.17) is 16.7 Å². The molecule has 0 atom stereocenters. The van der Waals surface area contributed by atoms with Gasteiger partial charge in [-0.15, -0.1) is 0 Å². The van der Waals surface area contributed by atoms with Crippen LogP contribution in [-0.4, -0.2) is 15.1 Å². The van der Waals surface area contributed by atoms with Crippen LogP contribution >= 0.6 is 0 Å². The Morgan fingerprint density at radius 3 is 2.38 bits per heavy atom. The number of phenols is 1. The Kier molecular flexibility index (Phi) is 3.31. The number of nitrogens with two attached hydrogens (primary N) is 2. The van der Waals surface area contributed by atoms with Crippen molar-refractivity contribution in [3.8, 4) is 23.1 Å². The molecule has 0 radical (unpaired) electrons. The van der Waals surface area contributed by atoms with Crippen LogP contribution in [0, 0.1) is 11.3 Å². The minimum atomic E-state index is -4.66. The summed E-state index contributed by atoms with van der Waals surface area (Å²) in [6.07, 6.45) is -4.66. The topological polar surface area (TPSA) is 122 Å². The second-order valence-electron chi connectivity index (χ2n) is 4.07. The van der Waals surface area contributed by atoms with Crippen LogP contribution in [0.5, 0.6) is 5.75 Å². The number of nitrogen functional groups attached to an aromatic ring is 2. The highest BCUT2D eigenvalue weighted by Gasteiger charge is 2.31. The van der Waals surface area contributed by atoms with Gasteiger partial charge in [0.05, 0.1) is 11.3 Å². The maximum atomic E-state index is 12.7. The van der Waals surface area contributed by atoms with Gasteiger partial charge >= 0.3 is 6.18 Å². The summed E-state index contributed by atoms with van der Waals surface area (Å²) in [4.78, 5) is 7.29. The van der Waals surface area contributed by atoms with Gasteiger partial charge < -0.3 is 16.6 Å². The lowest BCUT2D eigenvalue weighted by Gasteiger charge is -2.11. The van der Waals surface area contributed by atoms with Crippen LogP contribution in [0.15, 0.2) is 18.2 Å². The number of aromatic hydroxyl groups is 1. The summed E-state index contributed by atoms with van der Waals surface area (Å²) in [5.41, 5.74) is 9.26. The molecule has 0 saturated carbocycles. The predicted octanol–water partition coefficient (Wildman–Crippen LogP) is 1.90. The average molecular weight is 295 g/mol. The highest BCUT2D eigenvalue weighted by atomic mass is 19.4. The average Bonchev–Trinajstić information content (AvgIpc) is 2.36. The summed E-state index contributed by atoms with van der Waals surface area (Å²) in [6.45, 7) is 0. The number of anilines is 2. The zero-order valence-corrected chi connectivity index (χ0v) is 10.3. The molecule has 0 aliphatic heterocycles. The number of hydrogen-bond donors (Lipinski definition) is 3. The minimum absolute atomic E-state index is 0.139. The molecule has 1 aromatic carbocycles. The molecule has 0 unspecified atom stereocenters. The second-order valence-corrected chi connectivity index (χ2v) is 4.07. The lowest BCUT2D eigenvalue weighted by atomic mass is 10.0. The van der Waals surface area contributed by atoms with Crippen molar-refractivity contribution in [2.75, 3.05) is 11.5 Å². The summed E-state index contributed by atoms with van der Waals surface area (Å²) in [5.74, 6) is -1.17. The number of phenolic OH excluding ortho intramolecular Hbond substituents is 1. The standard InChI is InChI=1S/C12H8F3N5O/c13-12(14,15)6-1-5(2-7(21)3-6)9-8(4-16)10(17)20-11(18)19-9/h1-3,21H,(H4,17,18,19,20). The van der Waals surface area contributed by atoms with Crippen LogP contribution in [0.3, 0.4) is 0 Å². The molecule has 6 nitrogen and oxygen atoms in total. The maximum Gasteiger partial charge on any atom is 0.416 e. The van der Waals surface area contributed by atoms with Crippen LogP contribution in [0.4, 0.5) is 24.9 Å². The molecular weight excluding hydrogens is 287 g/mol. The Morgan fingerprint density at radius 1 is 1.14 bits per heavy atom. The van der Waals surface area contributed by atoms with Gasteiger partial charge in [-0.25, -0.2) is 4.98 Å².